The van der Waals surface area contributed by atoms with Gasteiger partial charge in [0.25, 0.3) is 5.56 Å². The van der Waals surface area contributed by atoms with E-state index < -0.39 is 0 Å². The molecule has 0 aliphatic carbocycles. The van der Waals surface area contributed by atoms with Crippen LogP contribution in [0.25, 0.3) is 16.6 Å². The highest BCUT2D eigenvalue weighted by Crippen LogP contribution is 2.29. The van der Waals surface area contributed by atoms with Gasteiger partial charge in [0.05, 0.1) is 22.6 Å². The van der Waals surface area contributed by atoms with Crippen molar-refractivity contribution in [2.75, 3.05) is 7.05 Å². The average Bonchev–Trinajstić information content (AvgIpc) is 2.74. The summed E-state index contributed by atoms with van der Waals surface area (Å²) in [6.07, 6.45) is 2.12. The molecule has 176 valence electrons. The second-order valence-electron chi connectivity index (χ2n) is 10.5. The minimum absolute atomic E-state index is 0.0801. The lowest BCUT2D eigenvalue weighted by atomic mass is 9.84. The van der Waals surface area contributed by atoms with Crippen molar-refractivity contribution >= 4 is 16.8 Å². The molecule has 2 unspecified atom stereocenters. The molecule has 0 aliphatic heterocycles. The monoisotopic (exact) mass is 447 g/mol. The summed E-state index contributed by atoms with van der Waals surface area (Å²) in [5.74, 6) is 0.960. The molecule has 0 N–H and O–H groups in total. The first-order valence-corrected chi connectivity index (χ1v) is 11.9. The first-order valence-electron chi connectivity index (χ1n) is 11.9. The van der Waals surface area contributed by atoms with Gasteiger partial charge >= 0.3 is 0 Å². The second kappa shape index (κ2) is 9.90. The van der Waals surface area contributed by atoms with E-state index in [0.717, 1.165) is 17.7 Å². The van der Waals surface area contributed by atoms with Crippen LogP contribution in [0.3, 0.4) is 0 Å². The summed E-state index contributed by atoms with van der Waals surface area (Å²) in [6, 6.07) is 15.0. The molecule has 5 heteroatoms. The van der Waals surface area contributed by atoms with Gasteiger partial charge in [-0.05, 0) is 55.4 Å². The minimum atomic E-state index is -0.307. The number of carbonyl (C=O) groups is 1. The fraction of sp³-hybridized carbons (Fsp3) is 0.464. The van der Waals surface area contributed by atoms with Gasteiger partial charge in [-0.3, -0.25) is 14.2 Å². The van der Waals surface area contributed by atoms with Crippen molar-refractivity contribution < 1.29 is 4.79 Å². The van der Waals surface area contributed by atoms with E-state index in [-0.39, 0.29) is 28.8 Å². The van der Waals surface area contributed by atoms with Gasteiger partial charge in [0.2, 0.25) is 5.91 Å². The number of hydrogen-bond acceptors (Lipinski definition) is 3. The fourth-order valence-corrected chi connectivity index (χ4v) is 4.68. The van der Waals surface area contributed by atoms with Crippen molar-refractivity contribution in [1.82, 2.24) is 14.5 Å². The molecule has 0 saturated carbocycles. The maximum Gasteiger partial charge on any atom is 0.266 e. The number of aromatic nitrogens is 2. The van der Waals surface area contributed by atoms with Crippen LogP contribution in [0.1, 0.15) is 71.3 Å². The Labute approximate surface area is 197 Å². The molecule has 0 bridgehead atoms. The molecule has 0 saturated heterocycles. The maximum absolute atomic E-state index is 13.6. The van der Waals surface area contributed by atoms with E-state index in [9.17, 15) is 9.59 Å². The Kier molecular flexibility index (Phi) is 7.41. The van der Waals surface area contributed by atoms with Crippen molar-refractivity contribution in [3.05, 3.63) is 70.3 Å². The zero-order chi connectivity index (χ0) is 24.3. The number of aryl methyl sites for hydroxylation is 1. The van der Waals surface area contributed by atoms with Gasteiger partial charge in [-0.15, -0.1) is 0 Å². The van der Waals surface area contributed by atoms with Crippen LogP contribution in [0.15, 0.2) is 53.3 Å². The highest BCUT2D eigenvalue weighted by atomic mass is 16.2. The summed E-state index contributed by atoms with van der Waals surface area (Å²) in [5.41, 5.74) is 2.60. The van der Waals surface area contributed by atoms with E-state index in [1.807, 2.05) is 69.4 Å². The molecule has 5 nitrogen and oxygen atoms in total. The Hall–Kier alpha value is -2.95. The number of carbonyl (C=O) groups excluding carboxylic acids is 1. The van der Waals surface area contributed by atoms with Crippen molar-refractivity contribution in [3.8, 4) is 5.69 Å². The summed E-state index contributed by atoms with van der Waals surface area (Å²) < 4.78 is 1.68. The Morgan fingerprint density at radius 2 is 1.73 bits per heavy atom. The molecule has 1 amide bonds. The van der Waals surface area contributed by atoms with Gasteiger partial charge < -0.3 is 4.90 Å². The number of rotatable bonds is 7. The van der Waals surface area contributed by atoms with Crippen LogP contribution in [0.4, 0.5) is 0 Å². The van der Waals surface area contributed by atoms with Crippen LogP contribution in [0, 0.1) is 18.3 Å². The van der Waals surface area contributed by atoms with Gasteiger partial charge in [0.1, 0.15) is 5.82 Å². The number of amides is 1. The number of fused-ring (bicyclic) bond motifs is 1. The van der Waals surface area contributed by atoms with Gasteiger partial charge in [0, 0.05) is 13.5 Å². The predicted molar refractivity (Wildman–Crippen MR) is 136 cm³/mol. The van der Waals surface area contributed by atoms with Crippen LogP contribution in [-0.2, 0) is 4.79 Å². The van der Waals surface area contributed by atoms with Crippen LogP contribution < -0.4 is 5.56 Å². The Bertz CT molecular complexity index is 1170. The third kappa shape index (κ3) is 5.70. The van der Waals surface area contributed by atoms with E-state index >= 15 is 0 Å². The van der Waals surface area contributed by atoms with Crippen molar-refractivity contribution in [2.24, 2.45) is 11.3 Å². The second-order valence-corrected chi connectivity index (χ2v) is 10.5. The number of para-hydroxylation sites is 1. The first kappa shape index (κ1) is 24.7. The van der Waals surface area contributed by atoms with Gasteiger partial charge in [0.15, 0.2) is 0 Å². The molecule has 0 radical (unpaired) electrons. The molecule has 3 rings (SSSR count). The van der Waals surface area contributed by atoms with E-state index in [0.29, 0.717) is 29.6 Å². The first-order chi connectivity index (χ1) is 15.5. The molecule has 2 aromatic carbocycles. The normalized spacial score (nSPS) is 13.7. The number of benzene rings is 2. The SMILES string of the molecule is CCC(c1nc2ccccc2c(=O)n1-c1ccc(C)cc1)N(C)C(=O)CC(C)CC(C)(C)C. The summed E-state index contributed by atoms with van der Waals surface area (Å²) in [5, 5.41) is 0.574. The van der Waals surface area contributed by atoms with Crippen LogP contribution in [-0.4, -0.2) is 27.4 Å². The molecule has 1 heterocycles. The molecular weight excluding hydrogens is 410 g/mol. The van der Waals surface area contributed by atoms with Crippen LogP contribution in [0.5, 0.6) is 0 Å². The van der Waals surface area contributed by atoms with Gasteiger partial charge in [-0.1, -0.05) is 64.4 Å². The molecule has 3 aromatic rings. The number of nitrogens with zero attached hydrogens (tertiary/aromatic N) is 3. The van der Waals surface area contributed by atoms with E-state index in [2.05, 4.69) is 27.7 Å². The summed E-state index contributed by atoms with van der Waals surface area (Å²) in [4.78, 5) is 33.6. The highest BCUT2D eigenvalue weighted by molar-refractivity contribution is 5.79. The van der Waals surface area contributed by atoms with E-state index in [1.54, 1.807) is 9.47 Å². The third-order valence-electron chi connectivity index (χ3n) is 6.12. The lowest BCUT2D eigenvalue weighted by molar-refractivity contribution is -0.133. The molecule has 33 heavy (non-hydrogen) atoms. The molecule has 0 aliphatic rings. The minimum Gasteiger partial charge on any atom is -0.336 e. The van der Waals surface area contributed by atoms with Crippen molar-refractivity contribution in [1.29, 1.82) is 0 Å². The van der Waals surface area contributed by atoms with Crippen molar-refractivity contribution in [2.45, 2.75) is 66.8 Å². The molecule has 0 fully saturated rings. The summed E-state index contributed by atoms with van der Waals surface area (Å²) in [6.45, 7) is 12.8. The molecule has 0 spiro atoms. The Balaban J connectivity index is 2.07. The Morgan fingerprint density at radius 3 is 2.33 bits per heavy atom. The van der Waals surface area contributed by atoms with Crippen LogP contribution in [0.2, 0.25) is 0 Å². The predicted octanol–water partition coefficient (Wildman–Crippen LogP) is 6.07. The zero-order valence-corrected chi connectivity index (χ0v) is 21.1. The standard InChI is InChI=1S/C28H37N3O2/c1-8-24(30(7)25(32)17-20(3)18-28(4,5)6)26-29-23-12-10-9-11-22(23)27(33)31(26)21-15-13-19(2)14-16-21/h9-16,20,24H,8,17-18H2,1-7H3. The zero-order valence-electron chi connectivity index (χ0n) is 21.1. The van der Waals surface area contributed by atoms with Crippen molar-refractivity contribution in [3.63, 3.8) is 0 Å². The number of hydrogen-bond donors (Lipinski definition) is 0. The van der Waals surface area contributed by atoms with Gasteiger partial charge in [-0.2, -0.15) is 0 Å². The molecule has 1 aromatic heterocycles. The average molecular weight is 448 g/mol. The molecular formula is C28H37N3O2. The van der Waals surface area contributed by atoms with Gasteiger partial charge in [-0.25, -0.2) is 4.98 Å². The maximum atomic E-state index is 13.6. The topological polar surface area (TPSA) is 55.2 Å². The molecule has 2 atom stereocenters. The third-order valence-corrected chi connectivity index (χ3v) is 6.12. The summed E-state index contributed by atoms with van der Waals surface area (Å²) >= 11 is 0. The fourth-order valence-electron chi connectivity index (χ4n) is 4.68. The quantitative estimate of drug-likeness (QED) is 0.442. The van der Waals surface area contributed by atoms with E-state index in [1.165, 1.54) is 0 Å². The highest BCUT2D eigenvalue weighted by Gasteiger charge is 2.28. The van der Waals surface area contributed by atoms with E-state index in [4.69, 9.17) is 4.98 Å². The smallest absolute Gasteiger partial charge is 0.266 e. The lowest BCUT2D eigenvalue weighted by Crippen LogP contribution is -2.36. The summed E-state index contributed by atoms with van der Waals surface area (Å²) in [7, 11) is 1.83. The Morgan fingerprint density at radius 1 is 1.09 bits per heavy atom. The lowest BCUT2D eigenvalue weighted by Gasteiger charge is -2.31. The van der Waals surface area contributed by atoms with Crippen LogP contribution >= 0.6 is 0 Å². The largest absolute Gasteiger partial charge is 0.336 e.